The van der Waals surface area contributed by atoms with E-state index < -0.39 is 0 Å². The van der Waals surface area contributed by atoms with E-state index in [1.807, 2.05) is 18.9 Å². The van der Waals surface area contributed by atoms with Crippen molar-refractivity contribution in [2.75, 3.05) is 13.6 Å². The number of nitrogens with zero attached hydrogens (tertiary/aromatic N) is 1. The molecule has 2 atom stereocenters. The van der Waals surface area contributed by atoms with Crippen LogP contribution in [0.25, 0.3) is 0 Å². The minimum atomic E-state index is 0.192. The molecule has 17 heavy (non-hydrogen) atoms. The number of nitrogens with one attached hydrogen (secondary N) is 1. The molecular formula is C12H18N2OS2. The van der Waals surface area contributed by atoms with Gasteiger partial charge in [0, 0.05) is 24.2 Å². The van der Waals surface area contributed by atoms with Crippen LogP contribution in [0, 0.1) is 22.7 Å². The number of hydrogen-bond acceptors (Lipinski definition) is 3. The number of hydrogen-bond donors (Lipinski definition) is 1. The first-order valence-corrected chi connectivity index (χ1v) is 7.12. The molecule has 0 bridgehead atoms. The predicted molar refractivity (Wildman–Crippen MR) is 72.9 cm³/mol. The quantitative estimate of drug-likeness (QED) is 0.854. The van der Waals surface area contributed by atoms with Crippen LogP contribution in [-0.2, 0) is 11.2 Å². The third kappa shape index (κ3) is 3.16. The summed E-state index contributed by atoms with van der Waals surface area (Å²) in [5.74, 6) is 1.70. The van der Waals surface area contributed by atoms with Gasteiger partial charge in [0.25, 0.3) is 0 Å². The van der Waals surface area contributed by atoms with Crippen molar-refractivity contribution >= 4 is 29.5 Å². The molecule has 1 N–H and O–H groups in total. The van der Waals surface area contributed by atoms with Gasteiger partial charge in [0.1, 0.15) is 0 Å². The summed E-state index contributed by atoms with van der Waals surface area (Å²) in [6.07, 6.45) is 1.74. The highest BCUT2D eigenvalue weighted by Gasteiger charge is 2.34. The third-order valence-corrected chi connectivity index (χ3v) is 4.78. The minimum absolute atomic E-state index is 0.192. The van der Waals surface area contributed by atoms with Crippen LogP contribution in [0.4, 0.5) is 0 Å². The molecule has 5 heteroatoms. The molecule has 0 spiro atoms. The number of rotatable bonds is 4. The molecule has 1 aliphatic carbocycles. The normalized spacial score (nSPS) is 22.5. The van der Waals surface area contributed by atoms with Crippen LogP contribution >= 0.6 is 23.6 Å². The molecule has 0 saturated heterocycles. The van der Waals surface area contributed by atoms with E-state index in [4.69, 9.17) is 12.2 Å². The second-order valence-electron chi connectivity index (χ2n) is 4.99. The Balaban J connectivity index is 1.92. The Morgan fingerprint density at radius 1 is 1.65 bits per heavy atom. The Bertz CT molecular complexity index is 477. The zero-order valence-electron chi connectivity index (χ0n) is 10.4. The second kappa shape index (κ2) is 4.90. The van der Waals surface area contributed by atoms with Crippen molar-refractivity contribution in [2.24, 2.45) is 11.8 Å². The van der Waals surface area contributed by atoms with Crippen LogP contribution in [0.5, 0.6) is 0 Å². The fraction of sp³-hybridized carbons (Fsp3) is 0.667. The molecule has 1 aliphatic rings. The first kappa shape index (κ1) is 12.8. The number of aromatic amines is 1. The molecule has 3 nitrogen and oxygen atoms in total. The van der Waals surface area contributed by atoms with Crippen molar-refractivity contribution in [3.63, 3.8) is 0 Å². The maximum absolute atomic E-state index is 12.0. The van der Waals surface area contributed by atoms with Gasteiger partial charge in [-0.1, -0.05) is 6.92 Å². The lowest BCUT2D eigenvalue weighted by Crippen LogP contribution is -2.30. The minimum Gasteiger partial charge on any atom is -0.345 e. The summed E-state index contributed by atoms with van der Waals surface area (Å²) in [5.41, 5.74) is 1.03. The fourth-order valence-electron chi connectivity index (χ4n) is 1.98. The van der Waals surface area contributed by atoms with Crippen LogP contribution < -0.4 is 0 Å². The van der Waals surface area contributed by atoms with Gasteiger partial charge in [-0.2, -0.15) is 0 Å². The lowest BCUT2D eigenvalue weighted by atomic mass is 10.2. The summed E-state index contributed by atoms with van der Waals surface area (Å²) in [6.45, 7) is 5.11. The zero-order valence-corrected chi connectivity index (χ0v) is 12.1. The van der Waals surface area contributed by atoms with Gasteiger partial charge in [-0.15, -0.1) is 11.3 Å². The van der Waals surface area contributed by atoms with Gasteiger partial charge in [-0.3, -0.25) is 4.79 Å². The van der Waals surface area contributed by atoms with Gasteiger partial charge >= 0.3 is 0 Å². The summed E-state index contributed by atoms with van der Waals surface area (Å²) >= 11 is 6.58. The summed E-state index contributed by atoms with van der Waals surface area (Å²) < 4.78 is 0.753. The maximum atomic E-state index is 12.0. The zero-order chi connectivity index (χ0) is 12.6. The molecule has 2 rings (SSSR count). The highest BCUT2D eigenvalue weighted by atomic mass is 32.1. The molecule has 1 heterocycles. The molecule has 1 aromatic rings. The van der Waals surface area contributed by atoms with Crippen molar-refractivity contribution in [3.05, 3.63) is 14.5 Å². The monoisotopic (exact) mass is 270 g/mol. The third-order valence-electron chi connectivity index (χ3n) is 3.45. The average molecular weight is 270 g/mol. The van der Waals surface area contributed by atoms with Gasteiger partial charge in [0.05, 0.1) is 6.42 Å². The van der Waals surface area contributed by atoms with E-state index >= 15 is 0 Å². The molecule has 1 amide bonds. The average Bonchev–Trinajstić information content (AvgIpc) is 2.82. The molecule has 94 valence electrons. The Labute approximate surface area is 111 Å². The predicted octanol–water partition coefficient (Wildman–Crippen LogP) is 2.77. The van der Waals surface area contributed by atoms with Crippen molar-refractivity contribution in [1.82, 2.24) is 9.88 Å². The molecule has 1 aromatic heterocycles. The summed E-state index contributed by atoms with van der Waals surface area (Å²) in [6, 6.07) is 0. The lowest BCUT2D eigenvalue weighted by molar-refractivity contribution is -0.129. The molecule has 2 unspecified atom stereocenters. The van der Waals surface area contributed by atoms with Crippen LogP contribution in [-0.4, -0.2) is 29.4 Å². The van der Waals surface area contributed by atoms with Crippen LogP contribution in [0.15, 0.2) is 0 Å². The molecule has 0 radical (unpaired) electrons. The number of H-pyrrole nitrogens is 1. The van der Waals surface area contributed by atoms with E-state index in [2.05, 4.69) is 11.9 Å². The highest BCUT2D eigenvalue weighted by Crippen LogP contribution is 2.38. The number of thiazole rings is 1. The van der Waals surface area contributed by atoms with E-state index in [9.17, 15) is 4.79 Å². The van der Waals surface area contributed by atoms with Crippen LogP contribution in [0.1, 0.15) is 23.9 Å². The number of carbonyl (C=O) groups excluding carboxylic acids is 1. The molecular weight excluding hydrogens is 252 g/mol. The summed E-state index contributed by atoms with van der Waals surface area (Å²) in [4.78, 5) is 18.0. The van der Waals surface area contributed by atoms with Gasteiger partial charge in [0.15, 0.2) is 3.95 Å². The first-order valence-electron chi connectivity index (χ1n) is 5.90. The van der Waals surface area contributed by atoms with Crippen molar-refractivity contribution < 1.29 is 4.79 Å². The molecule has 0 aromatic carbocycles. The first-order chi connectivity index (χ1) is 7.97. The number of likely N-dealkylation sites (N-methyl/N-ethyl adjacent to an activating group) is 1. The van der Waals surface area contributed by atoms with Crippen LogP contribution in [0.3, 0.4) is 0 Å². The number of aromatic nitrogens is 1. The van der Waals surface area contributed by atoms with E-state index in [-0.39, 0.29) is 5.91 Å². The summed E-state index contributed by atoms with van der Waals surface area (Å²) in [5, 5.41) is 0. The topological polar surface area (TPSA) is 36.1 Å². The second-order valence-corrected chi connectivity index (χ2v) is 6.76. The lowest BCUT2D eigenvalue weighted by Gasteiger charge is -2.16. The Kier molecular flexibility index (Phi) is 3.68. The van der Waals surface area contributed by atoms with E-state index in [1.54, 1.807) is 0 Å². The smallest absolute Gasteiger partial charge is 0.227 e. The molecule has 1 saturated carbocycles. The van der Waals surface area contributed by atoms with Crippen molar-refractivity contribution in [3.8, 4) is 0 Å². The van der Waals surface area contributed by atoms with Gasteiger partial charge < -0.3 is 9.88 Å². The van der Waals surface area contributed by atoms with Crippen molar-refractivity contribution in [2.45, 2.75) is 26.7 Å². The number of amides is 1. The van der Waals surface area contributed by atoms with E-state index in [1.165, 1.54) is 17.8 Å². The molecule has 1 fully saturated rings. The van der Waals surface area contributed by atoms with E-state index in [0.29, 0.717) is 6.42 Å². The van der Waals surface area contributed by atoms with Gasteiger partial charge in [-0.05, 0) is 37.4 Å². The standard InChI is InChI=1S/C12H18N2OS2/c1-7-4-9(7)6-14(3)11(15)5-10-8(2)13-12(16)17-10/h7,9H,4-6H2,1-3H3,(H,13,16). The van der Waals surface area contributed by atoms with Gasteiger partial charge in [0.2, 0.25) is 5.91 Å². The maximum Gasteiger partial charge on any atom is 0.227 e. The van der Waals surface area contributed by atoms with E-state index in [0.717, 1.165) is 32.9 Å². The summed E-state index contributed by atoms with van der Waals surface area (Å²) in [7, 11) is 1.90. The Morgan fingerprint density at radius 3 is 2.76 bits per heavy atom. The number of carbonyl (C=O) groups is 1. The fourth-order valence-corrected chi connectivity index (χ4v) is 3.27. The van der Waals surface area contributed by atoms with Gasteiger partial charge in [-0.25, -0.2) is 0 Å². The molecule has 0 aliphatic heterocycles. The van der Waals surface area contributed by atoms with Crippen molar-refractivity contribution in [1.29, 1.82) is 0 Å². The number of aryl methyl sites for hydroxylation is 1. The Hall–Kier alpha value is -0.680. The highest BCUT2D eigenvalue weighted by molar-refractivity contribution is 7.73. The van der Waals surface area contributed by atoms with Crippen LogP contribution in [0.2, 0.25) is 0 Å². The SMILES string of the molecule is Cc1[nH]c(=S)sc1CC(=O)N(C)CC1CC1C. The largest absolute Gasteiger partial charge is 0.345 e. The Morgan fingerprint density at radius 2 is 2.29 bits per heavy atom.